The summed E-state index contributed by atoms with van der Waals surface area (Å²) in [5.74, 6) is -0.510. The molecule has 2 aromatic rings. The highest BCUT2D eigenvalue weighted by Gasteiger charge is 2.07. The summed E-state index contributed by atoms with van der Waals surface area (Å²) in [4.78, 5) is 25.0. The highest BCUT2D eigenvalue weighted by molar-refractivity contribution is 6.32. The van der Waals surface area contributed by atoms with E-state index in [-0.39, 0.29) is 16.3 Å². The van der Waals surface area contributed by atoms with Gasteiger partial charge in [0.15, 0.2) is 0 Å². The molecule has 1 heterocycles. The second-order valence-corrected chi connectivity index (χ2v) is 3.97. The number of halogens is 1. The van der Waals surface area contributed by atoms with E-state index in [9.17, 15) is 14.7 Å². The van der Waals surface area contributed by atoms with Crippen LogP contribution in [0.4, 0.5) is 5.69 Å². The minimum Gasteiger partial charge on any atom is -0.506 e. The second kappa shape index (κ2) is 4.93. The molecule has 3 N–H and O–H groups in total. The molecule has 0 aliphatic rings. The number of nitrogens with one attached hydrogen (secondary N) is 2. The first-order valence-electron chi connectivity index (χ1n) is 5.05. The van der Waals surface area contributed by atoms with Gasteiger partial charge in [-0.25, -0.2) is 0 Å². The zero-order chi connectivity index (χ0) is 13.1. The van der Waals surface area contributed by atoms with Crippen LogP contribution in [-0.4, -0.2) is 16.0 Å². The van der Waals surface area contributed by atoms with E-state index in [0.29, 0.717) is 11.3 Å². The number of hydrogen-bond acceptors (Lipinski definition) is 3. The van der Waals surface area contributed by atoms with Crippen LogP contribution in [0.1, 0.15) is 10.4 Å². The lowest BCUT2D eigenvalue weighted by Gasteiger charge is -2.06. The van der Waals surface area contributed by atoms with Crippen LogP contribution in [0.5, 0.6) is 5.75 Å². The fraction of sp³-hybridized carbons (Fsp3) is 0. The third-order valence-corrected chi connectivity index (χ3v) is 2.57. The van der Waals surface area contributed by atoms with Gasteiger partial charge in [-0.3, -0.25) is 9.59 Å². The molecule has 0 saturated heterocycles. The van der Waals surface area contributed by atoms with Gasteiger partial charge in [-0.05, 0) is 18.2 Å². The highest BCUT2D eigenvalue weighted by Crippen LogP contribution is 2.26. The van der Waals surface area contributed by atoms with Crippen LogP contribution in [0.25, 0.3) is 0 Å². The maximum absolute atomic E-state index is 11.8. The number of aromatic amines is 1. The quantitative estimate of drug-likeness (QED) is 0.776. The molecule has 0 atom stereocenters. The first-order valence-corrected chi connectivity index (χ1v) is 5.42. The lowest BCUT2D eigenvalue weighted by molar-refractivity contribution is 0.102. The Bertz CT molecular complexity index is 632. The molecule has 1 aromatic heterocycles. The van der Waals surface area contributed by atoms with Crippen LogP contribution >= 0.6 is 11.6 Å². The number of benzene rings is 1. The number of phenolic OH excluding ortho intramolecular Hbond substituents is 1. The van der Waals surface area contributed by atoms with Gasteiger partial charge in [-0.15, -0.1) is 0 Å². The second-order valence-electron chi connectivity index (χ2n) is 3.56. The molecule has 0 bridgehead atoms. The van der Waals surface area contributed by atoms with E-state index in [4.69, 9.17) is 11.6 Å². The van der Waals surface area contributed by atoms with Crippen LogP contribution < -0.4 is 10.9 Å². The molecular formula is C12H9ClN2O3. The van der Waals surface area contributed by atoms with Crippen molar-refractivity contribution in [3.63, 3.8) is 0 Å². The summed E-state index contributed by atoms with van der Waals surface area (Å²) in [7, 11) is 0. The number of phenols is 1. The Morgan fingerprint density at radius 2 is 2.06 bits per heavy atom. The lowest BCUT2D eigenvalue weighted by Crippen LogP contribution is -2.14. The molecule has 1 amide bonds. The number of anilines is 1. The van der Waals surface area contributed by atoms with E-state index in [1.807, 2.05) is 0 Å². The zero-order valence-corrected chi connectivity index (χ0v) is 9.86. The third-order valence-electron chi connectivity index (χ3n) is 2.25. The summed E-state index contributed by atoms with van der Waals surface area (Å²) in [5.41, 5.74) is 0.438. The molecule has 1 aromatic carbocycles. The molecule has 0 aliphatic carbocycles. The normalized spacial score (nSPS) is 10.1. The number of carbonyl (C=O) groups is 1. The van der Waals surface area contributed by atoms with Crippen LogP contribution in [-0.2, 0) is 0 Å². The number of hydrogen-bond donors (Lipinski definition) is 3. The number of rotatable bonds is 2. The van der Waals surface area contributed by atoms with Gasteiger partial charge in [0.1, 0.15) is 5.75 Å². The first-order chi connectivity index (χ1) is 8.56. The molecule has 18 heavy (non-hydrogen) atoms. The maximum atomic E-state index is 11.8. The summed E-state index contributed by atoms with van der Waals surface area (Å²) in [6.07, 6.45) is 1.31. The topological polar surface area (TPSA) is 82.2 Å². The number of aromatic hydroxyl groups is 1. The first kappa shape index (κ1) is 12.2. The molecule has 0 unspecified atom stereocenters. The zero-order valence-electron chi connectivity index (χ0n) is 9.11. The Morgan fingerprint density at radius 1 is 1.28 bits per heavy atom. The summed E-state index contributed by atoms with van der Waals surface area (Å²) >= 11 is 5.65. The maximum Gasteiger partial charge on any atom is 0.257 e. The minimum atomic E-state index is -0.395. The smallest absolute Gasteiger partial charge is 0.257 e. The predicted octanol–water partition coefficient (Wildman–Crippen LogP) is 1.99. The van der Waals surface area contributed by atoms with Crippen molar-refractivity contribution in [3.8, 4) is 5.75 Å². The molecule has 2 rings (SSSR count). The van der Waals surface area contributed by atoms with E-state index in [2.05, 4.69) is 10.3 Å². The molecule has 92 valence electrons. The molecule has 5 nitrogen and oxygen atoms in total. The molecule has 6 heteroatoms. The largest absolute Gasteiger partial charge is 0.506 e. The van der Waals surface area contributed by atoms with Crippen molar-refractivity contribution >= 4 is 23.2 Å². The monoisotopic (exact) mass is 264 g/mol. The molecule has 0 saturated carbocycles. The average molecular weight is 265 g/mol. The standard InChI is InChI=1S/C12H9ClN2O3/c13-9-3-2-8(5-10(9)16)15-12(18)7-1-4-11(17)14-6-7/h1-6,16H,(H,14,17)(H,15,18). The fourth-order valence-corrected chi connectivity index (χ4v) is 1.46. The van der Waals surface area contributed by atoms with Crippen molar-refractivity contribution in [2.45, 2.75) is 0 Å². The average Bonchev–Trinajstić information content (AvgIpc) is 2.34. The van der Waals surface area contributed by atoms with Crippen LogP contribution in [0.2, 0.25) is 5.02 Å². The number of carbonyl (C=O) groups excluding carboxylic acids is 1. The molecule has 0 fully saturated rings. The van der Waals surface area contributed by atoms with Crippen LogP contribution in [0.15, 0.2) is 41.3 Å². The Balaban J connectivity index is 2.18. The summed E-state index contributed by atoms with van der Waals surface area (Å²) < 4.78 is 0. The van der Waals surface area contributed by atoms with E-state index >= 15 is 0 Å². The summed E-state index contributed by atoms with van der Waals surface area (Å²) in [6, 6.07) is 7.04. The molecule has 0 radical (unpaired) electrons. The number of amides is 1. The Hall–Kier alpha value is -2.27. The lowest BCUT2D eigenvalue weighted by atomic mass is 10.2. The van der Waals surface area contributed by atoms with Crippen molar-refractivity contribution in [2.24, 2.45) is 0 Å². The van der Waals surface area contributed by atoms with Crippen molar-refractivity contribution < 1.29 is 9.90 Å². The Morgan fingerprint density at radius 3 is 2.67 bits per heavy atom. The van der Waals surface area contributed by atoms with E-state index in [0.717, 1.165) is 0 Å². The van der Waals surface area contributed by atoms with Gasteiger partial charge in [0.05, 0.1) is 10.6 Å². The summed E-state index contributed by atoms with van der Waals surface area (Å²) in [5, 5.41) is 12.2. The Kier molecular flexibility index (Phi) is 3.34. The van der Waals surface area contributed by atoms with Gasteiger partial charge >= 0.3 is 0 Å². The van der Waals surface area contributed by atoms with Crippen molar-refractivity contribution in [1.82, 2.24) is 4.98 Å². The molecular weight excluding hydrogens is 256 g/mol. The van der Waals surface area contributed by atoms with Gasteiger partial charge in [-0.2, -0.15) is 0 Å². The van der Waals surface area contributed by atoms with Crippen molar-refractivity contribution in [2.75, 3.05) is 5.32 Å². The van der Waals surface area contributed by atoms with Gasteiger partial charge < -0.3 is 15.4 Å². The SMILES string of the molecule is O=C(Nc1ccc(Cl)c(O)c1)c1ccc(=O)[nH]c1. The van der Waals surface area contributed by atoms with Gasteiger partial charge in [-0.1, -0.05) is 11.6 Å². The minimum absolute atomic E-state index is 0.115. The third kappa shape index (κ3) is 2.70. The Labute approximate surface area is 107 Å². The predicted molar refractivity (Wildman–Crippen MR) is 68.1 cm³/mol. The van der Waals surface area contributed by atoms with E-state index < -0.39 is 5.91 Å². The van der Waals surface area contributed by atoms with E-state index in [1.54, 1.807) is 6.07 Å². The highest BCUT2D eigenvalue weighted by atomic mass is 35.5. The molecule has 0 aliphatic heterocycles. The fourth-order valence-electron chi connectivity index (χ4n) is 1.35. The molecule has 0 spiro atoms. The van der Waals surface area contributed by atoms with Gasteiger partial charge in [0.2, 0.25) is 5.56 Å². The van der Waals surface area contributed by atoms with Crippen LogP contribution in [0, 0.1) is 0 Å². The summed E-state index contributed by atoms with van der Waals surface area (Å²) in [6.45, 7) is 0. The number of H-pyrrole nitrogens is 1. The van der Waals surface area contributed by atoms with E-state index in [1.165, 1.54) is 30.5 Å². The van der Waals surface area contributed by atoms with Gasteiger partial charge in [0.25, 0.3) is 5.91 Å². The van der Waals surface area contributed by atoms with Crippen molar-refractivity contribution in [3.05, 3.63) is 57.5 Å². The number of aromatic nitrogens is 1. The van der Waals surface area contributed by atoms with Crippen molar-refractivity contribution in [1.29, 1.82) is 0 Å². The number of pyridine rings is 1. The van der Waals surface area contributed by atoms with Crippen LogP contribution in [0.3, 0.4) is 0 Å². The van der Waals surface area contributed by atoms with Gasteiger partial charge in [0, 0.05) is 24.0 Å².